The van der Waals surface area contributed by atoms with E-state index in [0.29, 0.717) is 11.8 Å². The van der Waals surface area contributed by atoms with E-state index in [1.165, 1.54) is 0 Å². The molecule has 3 rings (SSSR count). The summed E-state index contributed by atoms with van der Waals surface area (Å²) in [4.78, 5) is 0. The van der Waals surface area contributed by atoms with Crippen molar-refractivity contribution in [2.45, 2.75) is 0 Å². The van der Waals surface area contributed by atoms with Gasteiger partial charge in [0.2, 0.25) is 11.8 Å². The first-order valence-electron chi connectivity index (χ1n) is 6.20. The number of aromatic nitrogens is 3. The molecule has 100 valence electrons. The smallest absolute Gasteiger partial charge is 0.248 e. The van der Waals surface area contributed by atoms with Crippen molar-refractivity contribution in [1.82, 2.24) is 10.2 Å². The number of nitrogens with zero attached hydrogens (tertiary/aromatic N) is 3. The van der Waals surface area contributed by atoms with E-state index >= 15 is 0 Å². The molecule has 2 aromatic heterocycles. The van der Waals surface area contributed by atoms with E-state index in [0.717, 1.165) is 16.9 Å². The van der Waals surface area contributed by atoms with Gasteiger partial charge in [0.15, 0.2) is 12.4 Å². The Morgan fingerprint density at radius 3 is 2.00 bits per heavy atom. The maximum atomic E-state index is 5.70. The van der Waals surface area contributed by atoms with Crippen LogP contribution in [0.4, 0.5) is 0 Å². The molecule has 5 heteroatoms. The molecule has 0 fully saturated rings. The lowest BCUT2D eigenvalue weighted by molar-refractivity contribution is -0.671. The summed E-state index contributed by atoms with van der Waals surface area (Å²) in [6.45, 7) is 0. The first kappa shape index (κ1) is 12.3. The quantitative estimate of drug-likeness (QED) is 0.684. The van der Waals surface area contributed by atoms with Gasteiger partial charge in [-0.05, 0) is 24.3 Å². The van der Waals surface area contributed by atoms with Crippen LogP contribution in [0.2, 0.25) is 0 Å². The molecule has 20 heavy (non-hydrogen) atoms. The van der Waals surface area contributed by atoms with Gasteiger partial charge in [-0.15, -0.1) is 10.2 Å². The predicted octanol–water partition coefficient (Wildman–Crippen LogP) is 2.24. The Labute approximate surface area is 116 Å². The zero-order valence-electron chi connectivity index (χ0n) is 11.3. The van der Waals surface area contributed by atoms with Crippen molar-refractivity contribution < 1.29 is 13.7 Å². The minimum Gasteiger partial charge on any atom is -0.497 e. The number of ether oxygens (including phenoxy) is 1. The third-order valence-corrected chi connectivity index (χ3v) is 2.99. The van der Waals surface area contributed by atoms with Crippen LogP contribution in [0.5, 0.6) is 5.75 Å². The number of benzene rings is 1. The first-order chi connectivity index (χ1) is 9.76. The van der Waals surface area contributed by atoms with Gasteiger partial charge in [-0.3, -0.25) is 0 Å². The lowest BCUT2D eigenvalue weighted by Gasteiger charge is -1.99. The third kappa shape index (κ3) is 2.38. The Morgan fingerprint density at radius 1 is 0.900 bits per heavy atom. The molecule has 0 amide bonds. The zero-order chi connectivity index (χ0) is 13.9. The number of hydrogen-bond donors (Lipinski definition) is 0. The van der Waals surface area contributed by atoms with Crippen LogP contribution in [0.1, 0.15) is 0 Å². The van der Waals surface area contributed by atoms with Crippen molar-refractivity contribution in [1.29, 1.82) is 0 Å². The summed E-state index contributed by atoms with van der Waals surface area (Å²) in [5.74, 6) is 1.80. The molecule has 0 saturated heterocycles. The van der Waals surface area contributed by atoms with Crippen LogP contribution >= 0.6 is 0 Å². The van der Waals surface area contributed by atoms with Gasteiger partial charge < -0.3 is 9.15 Å². The van der Waals surface area contributed by atoms with Crippen molar-refractivity contribution >= 4 is 0 Å². The molecule has 0 atom stereocenters. The molecular formula is C15H14N3O2+. The van der Waals surface area contributed by atoms with Crippen molar-refractivity contribution in [2.75, 3.05) is 7.11 Å². The Balaban J connectivity index is 1.91. The molecule has 0 saturated carbocycles. The Bertz CT molecular complexity index is 703. The maximum Gasteiger partial charge on any atom is 0.248 e. The number of pyridine rings is 1. The van der Waals surface area contributed by atoms with Crippen molar-refractivity contribution in [3.05, 3.63) is 48.8 Å². The lowest BCUT2D eigenvalue weighted by atomic mass is 10.2. The minimum absolute atomic E-state index is 0.496. The van der Waals surface area contributed by atoms with Crippen LogP contribution in [0, 0.1) is 0 Å². The van der Waals surface area contributed by atoms with Crippen molar-refractivity contribution in [3.8, 4) is 28.7 Å². The molecule has 0 aliphatic rings. The first-order valence-corrected chi connectivity index (χ1v) is 6.20. The van der Waals surface area contributed by atoms with Crippen LogP contribution in [0.3, 0.4) is 0 Å². The maximum absolute atomic E-state index is 5.70. The Hall–Kier alpha value is -2.69. The fourth-order valence-electron chi connectivity index (χ4n) is 1.83. The van der Waals surface area contributed by atoms with E-state index in [9.17, 15) is 0 Å². The topological polar surface area (TPSA) is 52.0 Å². The van der Waals surface area contributed by atoms with Gasteiger partial charge in [-0.25, -0.2) is 4.57 Å². The lowest BCUT2D eigenvalue weighted by Crippen LogP contribution is -2.25. The zero-order valence-corrected chi connectivity index (χ0v) is 11.3. The van der Waals surface area contributed by atoms with Gasteiger partial charge in [0.1, 0.15) is 12.8 Å². The highest BCUT2D eigenvalue weighted by molar-refractivity contribution is 5.57. The predicted molar refractivity (Wildman–Crippen MR) is 72.9 cm³/mol. The highest BCUT2D eigenvalue weighted by Gasteiger charge is 2.11. The SMILES string of the molecule is COc1ccc(-c2nnc(-c3cc[n+](C)cc3)o2)cc1. The van der Waals surface area contributed by atoms with Gasteiger partial charge in [-0.2, -0.15) is 0 Å². The van der Waals surface area contributed by atoms with E-state index < -0.39 is 0 Å². The molecule has 1 aromatic carbocycles. The van der Waals surface area contributed by atoms with Gasteiger partial charge in [-0.1, -0.05) is 0 Å². The number of rotatable bonds is 3. The molecule has 0 aliphatic heterocycles. The minimum atomic E-state index is 0.496. The molecule has 0 unspecified atom stereocenters. The molecule has 0 spiro atoms. The summed E-state index contributed by atoms with van der Waals surface area (Å²) in [7, 11) is 3.59. The monoisotopic (exact) mass is 268 g/mol. The summed E-state index contributed by atoms with van der Waals surface area (Å²) in [6.07, 6.45) is 3.87. The summed E-state index contributed by atoms with van der Waals surface area (Å²) in [5.41, 5.74) is 1.77. The van der Waals surface area contributed by atoms with Gasteiger partial charge in [0.05, 0.1) is 12.7 Å². The van der Waals surface area contributed by atoms with E-state index in [-0.39, 0.29) is 0 Å². The molecule has 0 N–H and O–H groups in total. The molecule has 0 aliphatic carbocycles. The fourth-order valence-corrected chi connectivity index (χ4v) is 1.83. The highest BCUT2D eigenvalue weighted by atomic mass is 16.5. The molecule has 0 radical (unpaired) electrons. The van der Waals surface area contributed by atoms with Crippen LogP contribution in [0.25, 0.3) is 22.9 Å². The second-order valence-corrected chi connectivity index (χ2v) is 4.39. The number of hydrogen-bond acceptors (Lipinski definition) is 4. The normalized spacial score (nSPS) is 10.5. The average molecular weight is 268 g/mol. The Kier molecular flexibility index (Phi) is 3.16. The van der Waals surface area contributed by atoms with Gasteiger partial charge in [0, 0.05) is 17.7 Å². The highest BCUT2D eigenvalue weighted by Crippen LogP contribution is 2.24. The molecular weight excluding hydrogens is 254 g/mol. The Morgan fingerprint density at radius 2 is 1.45 bits per heavy atom. The van der Waals surface area contributed by atoms with Crippen LogP contribution in [-0.4, -0.2) is 17.3 Å². The number of aryl methyl sites for hydroxylation is 1. The summed E-state index contributed by atoms with van der Waals surface area (Å²) >= 11 is 0. The second kappa shape index (κ2) is 5.13. The largest absolute Gasteiger partial charge is 0.497 e. The summed E-state index contributed by atoms with van der Waals surface area (Å²) in [5, 5.41) is 8.15. The van der Waals surface area contributed by atoms with E-state index in [1.54, 1.807) is 7.11 Å². The van der Waals surface area contributed by atoms with E-state index in [2.05, 4.69) is 10.2 Å². The van der Waals surface area contributed by atoms with Crippen molar-refractivity contribution in [3.63, 3.8) is 0 Å². The molecule has 3 aromatic rings. The van der Waals surface area contributed by atoms with Gasteiger partial charge in [0.25, 0.3) is 0 Å². The summed E-state index contributed by atoms with van der Waals surface area (Å²) in [6, 6.07) is 11.4. The van der Waals surface area contributed by atoms with Gasteiger partial charge >= 0.3 is 0 Å². The molecule has 5 nitrogen and oxygen atoms in total. The molecule has 2 heterocycles. The van der Waals surface area contributed by atoms with Crippen molar-refractivity contribution in [2.24, 2.45) is 7.05 Å². The number of methoxy groups -OCH3 is 1. The second-order valence-electron chi connectivity index (χ2n) is 4.39. The van der Waals surface area contributed by atoms with E-state index in [4.69, 9.17) is 9.15 Å². The third-order valence-electron chi connectivity index (χ3n) is 2.99. The standard InChI is InChI=1S/C15H14N3O2/c1-18-9-7-12(8-10-18)15-17-16-14(20-15)11-3-5-13(19-2)6-4-11/h3-10H,1-2H3/q+1. The molecule has 0 bridgehead atoms. The van der Waals surface area contributed by atoms with Crippen LogP contribution < -0.4 is 9.30 Å². The summed E-state index contributed by atoms with van der Waals surface area (Å²) < 4.78 is 12.8. The van der Waals surface area contributed by atoms with E-state index in [1.807, 2.05) is 60.4 Å². The van der Waals surface area contributed by atoms with Crippen LogP contribution in [0.15, 0.2) is 53.2 Å². The average Bonchev–Trinajstić information content (AvgIpc) is 2.98. The van der Waals surface area contributed by atoms with Crippen LogP contribution in [-0.2, 0) is 7.05 Å². The fraction of sp³-hybridized carbons (Fsp3) is 0.133.